The van der Waals surface area contributed by atoms with E-state index >= 15 is 0 Å². The summed E-state index contributed by atoms with van der Waals surface area (Å²) in [6, 6.07) is 0. The van der Waals surface area contributed by atoms with Crippen molar-refractivity contribution in [1.82, 2.24) is 0 Å². The highest BCUT2D eigenvalue weighted by molar-refractivity contribution is 7.47. The second-order valence-corrected chi connectivity index (χ2v) is 18.2. The van der Waals surface area contributed by atoms with Crippen LogP contribution in [-0.4, -0.2) is 110 Å². The van der Waals surface area contributed by atoms with Crippen LogP contribution in [0.1, 0.15) is 136 Å². The van der Waals surface area contributed by atoms with Crippen molar-refractivity contribution in [3.05, 3.63) is 60.8 Å². The molecule has 0 aromatic rings. The van der Waals surface area contributed by atoms with Crippen molar-refractivity contribution in [2.45, 2.75) is 173 Å². The Morgan fingerprint density at radius 3 is 1.94 bits per heavy atom. The van der Waals surface area contributed by atoms with E-state index < -0.39 is 90.8 Å². The third-order valence-corrected chi connectivity index (χ3v) is 11.1. The van der Waals surface area contributed by atoms with Gasteiger partial charge < -0.3 is 49.3 Å². The van der Waals surface area contributed by atoms with E-state index in [-0.39, 0.29) is 25.2 Å². The lowest BCUT2D eigenvalue weighted by molar-refractivity contribution is -0.199. The molecule has 364 valence electrons. The fourth-order valence-electron chi connectivity index (χ4n) is 6.16. The number of phosphoric acid groups is 2. The average molecular weight is 939 g/mol. The molecule has 0 aliphatic carbocycles. The molecule has 0 radical (unpaired) electrons. The molecule has 63 heavy (non-hydrogen) atoms. The van der Waals surface area contributed by atoms with Gasteiger partial charge in [-0.3, -0.25) is 23.2 Å². The predicted molar refractivity (Wildman–Crippen MR) is 238 cm³/mol. The van der Waals surface area contributed by atoms with Crippen LogP contribution in [0, 0.1) is 5.92 Å². The van der Waals surface area contributed by atoms with E-state index in [4.69, 9.17) is 28.5 Å². The summed E-state index contributed by atoms with van der Waals surface area (Å²) in [6.07, 6.45) is 26.9. The highest BCUT2D eigenvalue weighted by Crippen LogP contribution is 2.44. The Kier molecular flexibility index (Phi) is 33.4. The largest absolute Gasteiger partial charge is 0.472 e. The molecule has 1 rings (SSSR count). The lowest BCUT2D eigenvalue weighted by Gasteiger charge is -2.36. The zero-order valence-corrected chi connectivity index (χ0v) is 39.0. The van der Waals surface area contributed by atoms with Crippen LogP contribution in [0.25, 0.3) is 0 Å². The van der Waals surface area contributed by atoms with E-state index in [0.29, 0.717) is 38.5 Å². The number of rotatable bonds is 37. The fraction of sp³-hybridized carbons (Fsp3) is 0.727. The summed E-state index contributed by atoms with van der Waals surface area (Å²) in [4.78, 5) is 52.9. The van der Waals surface area contributed by atoms with E-state index in [9.17, 15) is 44.0 Å². The third kappa shape index (κ3) is 33.8. The maximum atomic E-state index is 12.7. The fourth-order valence-corrected chi connectivity index (χ4v) is 7.31. The Balaban J connectivity index is 2.63. The van der Waals surface area contributed by atoms with Crippen LogP contribution in [0.4, 0.5) is 0 Å². The number of carbonyl (C=O) groups excluding carboxylic acids is 2. The summed E-state index contributed by atoms with van der Waals surface area (Å²) in [5, 5.41) is 40.7. The Labute approximate surface area is 374 Å². The molecule has 8 atom stereocenters. The van der Waals surface area contributed by atoms with Crippen LogP contribution >= 0.6 is 15.6 Å². The van der Waals surface area contributed by atoms with Crippen LogP contribution in [0.2, 0.25) is 0 Å². The van der Waals surface area contributed by atoms with Crippen LogP contribution in [0.15, 0.2) is 60.8 Å². The Morgan fingerprint density at radius 2 is 1.27 bits per heavy atom. The minimum absolute atomic E-state index is 0.00976. The van der Waals surface area contributed by atoms with Crippen LogP contribution in [0.5, 0.6) is 0 Å². The lowest BCUT2D eigenvalue weighted by atomic mass is 9.87. The van der Waals surface area contributed by atoms with Crippen LogP contribution in [-0.2, 0) is 46.5 Å². The second-order valence-electron chi connectivity index (χ2n) is 15.5. The predicted octanol–water partition coefficient (Wildman–Crippen LogP) is 7.33. The number of unbranched alkanes of at least 4 members (excludes halogenated alkanes) is 8. The van der Waals surface area contributed by atoms with Crippen molar-refractivity contribution in [2.75, 3.05) is 26.4 Å². The highest BCUT2D eigenvalue weighted by atomic mass is 31.2. The van der Waals surface area contributed by atoms with Gasteiger partial charge in [0, 0.05) is 25.2 Å². The van der Waals surface area contributed by atoms with Crippen molar-refractivity contribution in [3.8, 4) is 0 Å². The maximum Gasteiger partial charge on any atom is 0.472 e. The van der Waals surface area contributed by atoms with Crippen molar-refractivity contribution in [1.29, 1.82) is 0 Å². The molecule has 0 bridgehead atoms. The number of phosphoric ester groups is 2. The standard InChI is InChI=1S/C44H76O17P2/c1-3-5-7-8-9-10-11-12-13-14-15-16-17-18-24-28-43(49)60-38(35-59-63(54,55)58-33-37(46)32-57-62(51,52)53)34-56-42(48)27-23-20-19-22-26-39-40(47)31-44(50)61-41(39)30-29-36(45)25-21-6-4-2/h9-10,12-13,15-16,19,22,29-30,36-41,44-47,50H,3-8,11,14,17-18,20-21,23-28,31-35H2,1-2H3,(H,54,55)(H2,51,52,53)/b10-9-,13-12-,16-15-,22-19-,30-29+/t36-,37-,38+,39-,40-,41+,44?/m0/s1. The van der Waals surface area contributed by atoms with Crippen LogP contribution < -0.4 is 0 Å². The molecule has 7 N–H and O–H groups in total. The maximum absolute atomic E-state index is 12.7. The molecule has 1 heterocycles. The molecule has 17 nitrogen and oxygen atoms in total. The smallest absolute Gasteiger partial charge is 0.462 e. The molecule has 2 unspecified atom stereocenters. The first-order valence-electron chi connectivity index (χ1n) is 22.4. The summed E-state index contributed by atoms with van der Waals surface area (Å²) < 4.78 is 53.4. The first-order valence-corrected chi connectivity index (χ1v) is 25.4. The van der Waals surface area contributed by atoms with Gasteiger partial charge in [0.25, 0.3) is 0 Å². The quantitative estimate of drug-likeness (QED) is 0.0139. The molecule has 19 heteroatoms. The number of ether oxygens (including phenoxy) is 3. The van der Waals surface area contributed by atoms with Gasteiger partial charge in [0.15, 0.2) is 12.4 Å². The van der Waals surface area contributed by atoms with Gasteiger partial charge >= 0.3 is 27.6 Å². The number of allylic oxidation sites excluding steroid dienone is 8. The summed E-state index contributed by atoms with van der Waals surface area (Å²) in [7, 11) is -9.79. The highest BCUT2D eigenvalue weighted by Gasteiger charge is 2.35. The number of aliphatic hydroxyl groups is 4. The van der Waals surface area contributed by atoms with Crippen molar-refractivity contribution >= 4 is 27.6 Å². The van der Waals surface area contributed by atoms with Crippen LogP contribution in [0.3, 0.4) is 0 Å². The number of hydrogen-bond acceptors (Lipinski definition) is 14. The number of esters is 2. The summed E-state index contributed by atoms with van der Waals surface area (Å²) in [5.41, 5.74) is 0. The van der Waals surface area contributed by atoms with Gasteiger partial charge in [0.1, 0.15) is 12.7 Å². The van der Waals surface area contributed by atoms with Gasteiger partial charge in [-0.15, -0.1) is 0 Å². The van der Waals surface area contributed by atoms with Gasteiger partial charge in [-0.2, -0.15) is 0 Å². The Morgan fingerprint density at radius 1 is 0.698 bits per heavy atom. The van der Waals surface area contributed by atoms with Gasteiger partial charge in [0.05, 0.1) is 38.1 Å². The van der Waals surface area contributed by atoms with E-state index in [0.717, 1.165) is 44.9 Å². The zero-order valence-electron chi connectivity index (χ0n) is 37.2. The molecular weight excluding hydrogens is 862 g/mol. The monoisotopic (exact) mass is 938 g/mol. The average Bonchev–Trinajstić information content (AvgIpc) is 3.22. The van der Waals surface area contributed by atoms with Crippen molar-refractivity contribution < 1.29 is 81.6 Å². The SMILES string of the molecule is CCCCC/C=C\C/C=C\C/C=C\CCCCC(=O)O[C@H](COC(=O)CCC/C=C\C[C@H]1[C@@H](O)CC(O)O[C@@H]1/C=C/[C@@H](O)CCCCC)COP(=O)(O)OC[C@@H](O)COP(=O)(O)O. The molecule has 1 aliphatic heterocycles. The first-order chi connectivity index (χ1) is 30.0. The van der Waals surface area contributed by atoms with Gasteiger partial charge in [-0.05, 0) is 70.6 Å². The van der Waals surface area contributed by atoms with Gasteiger partial charge in [0.2, 0.25) is 0 Å². The first kappa shape index (κ1) is 58.7. The molecule has 1 saturated heterocycles. The molecule has 0 saturated carbocycles. The van der Waals surface area contributed by atoms with E-state index in [2.05, 4.69) is 53.3 Å². The van der Waals surface area contributed by atoms with Gasteiger partial charge in [-0.1, -0.05) is 107 Å². The molecule has 0 amide bonds. The van der Waals surface area contributed by atoms with E-state index in [1.165, 1.54) is 19.3 Å². The molecular formula is C44H76O17P2. The summed E-state index contributed by atoms with van der Waals surface area (Å²) in [6.45, 7) is 1.26. The molecule has 0 aromatic carbocycles. The minimum atomic E-state index is -4.90. The normalized spacial score (nSPS) is 21.2. The van der Waals surface area contributed by atoms with Gasteiger partial charge in [-0.25, -0.2) is 9.13 Å². The zero-order chi connectivity index (χ0) is 46.8. The lowest BCUT2D eigenvalue weighted by Crippen LogP contribution is -2.43. The van der Waals surface area contributed by atoms with Crippen molar-refractivity contribution in [3.63, 3.8) is 0 Å². The number of hydrogen-bond donors (Lipinski definition) is 7. The summed E-state index contributed by atoms with van der Waals surface area (Å²) >= 11 is 0. The minimum Gasteiger partial charge on any atom is -0.462 e. The third-order valence-electron chi connectivity index (χ3n) is 9.66. The Bertz CT molecular complexity index is 1460. The van der Waals surface area contributed by atoms with E-state index in [1.807, 2.05) is 18.2 Å². The van der Waals surface area contributed by atoms with E-state index in [1.54, 1.807) is 12.2 Å². The summed E-state index contributed by atoms with van der Waals surface area (Å²) in [5.74, 6) is -1.63. The number of carbonyl (C=O) groups is 2. The number of aliphatic hydroxyl groups excluding tert-OH is 4. The second kappa shape index (κ2) is 35.9. The molecule has 0 spiro atoms. The topological polar surface area (TPSA) is 265 Å². The molecule has 1 aliphatic rings. The van der Waals surface area contributed by atoms with Crippen molar-refractivity contribution in [2.24, 2.45) is 5.92 Å². The Hall–Kier alpha value is -2.34. The molecule has 1 fully saturated rings. The molecule has 0 aromatic heterocycles.